The van der Waals surface area contributed by atoms with Crippen molar-refractivity contribution in [1.82, 2.24) is 4.90 Å². The molecule has 0 aromatic carbocycles. The van der Waals surface area contributed by atoms with Gasteiger partial charge in [0.25, 0.3) is 5.91 Å². The summed E-state index contributed by atoms with van der Waals surface area (Å²) in [6.45, 7) is 1.71. The van der Waals surface area contributed by atoms with E-state index in [0.717, 1.165) is 25.9 Å². The molecule has 82 valence electrons. The van der Waals surface area contributed by atoms with Crippen molar-refractivity contribution in [2.24, 2.45) is 5.92 Å². The Bertz CT molecular complexity index is 321. The average Bonchev–Trinajstić information content (AvgIpc) is 2.87. The van der Waals surface area contributed by atoms with Crippen molar-refractivity contribution >= 4 is 5.91 Å². The van der Waals surface area contributed by atoms with Gasteiger partial charge in [0.1, 0.15) is 0 Å². The Morgan fingerprint density at radius 1 is 1.67 bits per heavy atom. The molecule has 2 heterocycles. The van der Waals surface area contributed by atoms with Crippen LogP contribution in [0.15, 0.2) is 22.8 Å². The Morgan fingerprint density at radius 3 is 3.20 bits per heavy atom. The Kier molecular flexibility index (Phi) is 3.06. The van der Waals surface area contributed by atoms with Crippen LogP contribution in [0.4, 0.5) is 0 Å². The standard InChI is InChI=1S/C11H15NO3/c13-6-4-9-3-5-12(8-9)11(14)10-2-1-7-15-10/h1-2,7,9,13H,3-6,8H2. The number of aliphatic hydroxyl groups is 1. The lowest BCUT2D eigenvalue weighted by Gasteiger charge is -2.14. The number of aliphatic hydroxyl groups excluding tert-OH is 1. The van der Waals surface area contributed by atoms with E-state index in [2.05, 4.69) is 0 Å². The highest BCUT2D eigenvalue weighted by molar-refractivity contribution is 5.91. The van der Waals surface area contributed by atoms with E-state index < -0.39 is 0 Å². The van der Waals surface area contributed by atoms with Crippen molar-refractivity contribution in [2.45, 2.75) is 12.8 Å². The number of carbonyl (C=O) groups is 1. The molecule has 1 amide bonds. The quantitative estimate of drug-likeness (QED) is 0.811. The van der Waals surface area contributed by atoms with E-state index in [4.69, 9.17) is 9.52 Å². The summed E-state index contributed by atoms with van der Waals surface area (Å²) in [5, 5.41) is 8.81. The largest absolute Gasteiger partial charge is 0.459 e. The van der Waals surface area contributed by atoms with E-state index in [0.29, 0.717) is 11.7 Å². The maximum absolute atomic E-state index is 11.8. The number of carbonyl (C=O) groups excluding carboxylic acids is 1. The van der Waals surface area contributed by atoms with Crippen LogP contribution in [0.3, 0.4) is 0 Å². The van der Waals surface area contributed by atoms with Crippen molar-refractivity contribution in [3.63, 3.8) is 0 Å². The Morgan fingerprint density at radius 2 is 2.53 bits per heavy atom. The second kappa shape index (κ2) is 4.49. The van der Waals surface area contributed by atoms with Gasteiger partial charge in [-0.1, -0.05) is 0 Å². The lowest BCUT2D eigenvalue weighted by atomic mass is 10.1. The normalized spacial score (nSPS) is 20.9. The van der Waals surface area contributed by atoms with Gasteiger partial charge in [-0.15, -0.1) is 0 Å². The Hall–Kier alpha value is -1.29. The van der Waals surface area contributed by atoms with Crippen LogP contribution >= 0.6 is 0 Å². The zero-order valence-corrected chi connectivity index (χ0v) is 8.56. The van der Waals surface area contributed by atoms with Gasteiger partial charge in [-0.3, -0.25) is 4.79 Å². The monoisotopic (exact) mass is 209 g/mol. The third-order valence-electron chi connectivity index (χ3n) is 2.84. The molecule has 1 unspecified atom stereocenters. The van der Waals surface area contributed by atoms with Gasteiger partial charge in [-0.25, -0.2) is 0 Å². The van der Waals surface area contributed by atoms with E-state index in [1.807, 2.05) is 0 Å². The molecule has 1 N–H and O–H groups in total. The summed E-state index contributed by atoms with van der Waals surface area (Å²) in [4.78, 5) is 13.6. The van der Waals surface area contributed by atoms with Crippen LogP contribution in [0.2, 0.25) is 0 Å². The summed E-state index contributed by atoms with van der Waals surface area (Å²) in [6, 6.07) is 3.40. The molecule has 1 aromatic rings. The SMILES string of the molecule is O=C(c1ccco1)N1CCC(CCO)C1. The van der Waals surface area contributed by atoms with Gasteiger partial charge in [0.2, 0.25) is 0 Å². The Balaban J connectivity index is 1.93. The van der Waals surface area contributed by atoms with E-state index >= 15 is 0 Å². The van der Waals surface area contributed by atoms with Crippen LogP contribution in [0.1, 0.15) is 23.4 Å². The highest BCUT2D eigenvalue weighted by Gasteiger charge is 2.27. The number of hydrogen-bond donors (Lipinski definition) is 1. The minimum atomic E-state index is -0.0413. The highest BCUT2D eigenvalue weighted by atomic mass is 16.3. The van der Waals surface area contributed by atoms with Crippen LogP contribution in [0.25, 0.3) is 0 Å². The molecule has 0 bridgehead atoms. The molecule has 15 heavy (non-hydrogen) atoms. The van der Waals surface area contributed by atoms with Gasteiger partial charge in [0.05, 0.1) is 6.26 Å². The Labute approximate surface area is 88.5 Å². The van der Waals surface area contributed by atoms with Crippen LogP contribution in [-0.2, 0) is 0 Å². The van der Waals surface area contributed by atoms with E-state index in [1.54, 1.807) is 17.0 Å². The smallest absolute Gasteiger partial charge is 0.289 e. The summed E-state index contributed by atoms with van der Waals surface area (Å²) in [7, 11) is 0. The number of hydrogen-bond acceptors (Lipinski definition) is 3. The van der Waals surface area contributed by atoms with Gasteiger partial charge in [0.15, 0.2) is 5.76 Å². The fraction of sp³-hybridized carbons (Fsp3) is 0.545. The minimum Gasteiger partial charge on any atom is -0.459 e. The lowest BCUT2D eigenvalue weighted by molar-refractivity contribution is 0.0753. The third-order valence-corrected chi connectivity index (χ3v) is 2.84. The number of rotatable bonds is 3. The molecule has 4 nitrogen and oxygen atoms in total. The summed E-state index contributed by atoms with van der Waals surface area (Å²) < 4.78 is 5.06. The molecule has 2 rings (SSSR count). The molecule has 1 aliphatic rings. The minimum absolute atomic E-state index is 0.0413. The molecule has 0 saturated carbocycles. The first-order valence-electron chi connectivity index (χ1n) is 5.25. The van der Waals surface area contributed by atoms with Gasteiger partial charge < -0.3 is 14.4 Å². The van der Waals surface area contributed by atoms with Gasteiger partial charge >= 0.3 is 0 Å². The second-order valence-electron chi connectivity index (χ2n) is 3.90. The molecule has 1 atom stereocenters. The van der Waals surface area contributed by atoms with Crippen LogP contribution < -0.4 is 0 Å². The molecule has 1 fully saturated rings. The zero-order valence-electron chi connectivity index (χ0n) is 8.56. The maximum atomic E-state index is 11.8. The molecule has 1 aromatic heterocycles. The summed E-state index contributed by atoms with van der Waals surface area (Å²) >= 11 is 0. The molecular formula is C11H15NO3. The molecule has 1 saturated heterocycles. The first-order valence-corrected chi connectivity index (χ1v) is 5.25. The van der Waals surface area contributed by atoms with E-state index in [9.17, 15) is 4.79 Å². The molecular weight excluding hydrogens is 194 g/mol. The molecule has 0 aliphatic carbocycles. The van der Waals surface area contributed by atoms with Gasteiger partial charge in [0, 0.05) is 19.7 Å². The first kappa shape index (κ1) is 10.2. The van der Waals surface area contributed by atoms with Crippen LogP contribution in [0, 0.1) is 5.92 Å². The van der Waals surface area contributed by atoms with E-state index in [1.165, 1.54) is 6.26 Å². The molecule has 0 spiro atoms. The van der Waals surface area contributed by atoms with Crippen molar-refractivity contribution in [2.75, 3.05) is 19.7 Å². The molecule has 1 aliphatic heterocycles. The fourth-order valence-electron chi connectivity index (χ4n) is 1.99. The molecule has 4 heteroatoms. The predicted octanol–water partition coefficient (Wildman–Crippen LogP) is 1.12. The average molecular weight is 209 g/mol. The van der Waals surface area contributed by atoms with Crippen molar-refractivity contribution in [3.8, 4) is 0 Å². The van der Waals surface area contributed by atoms with E-state index in [-0.39, 0.29) is 12.5 Å². The second-order valence-corrected chi connectivity index (χ2v) is 3.90. The fourth-order valence-corrected chi connectivity index (χ4v) is 1.99. The lowest BCUT2D eigenvalue weighted by Crippen LogP contribution is -2.28. The number of furan rings is 1. The van der Waals surface area contributed by atoms with Crippen molar-refractivity contribution in [3.05, 3.63) is 24.2 Å². The van der Waals surface area contributed by atoms with Crippen LogP contribution in [0.5, 0.6) is 0 Å². The first-order chi connectivity index (χ1) is 7.31. The summed E-state index contributed by atoms with van der Waals surface area (Å²) in [5.41, 5.74) is 0. The summed E-state index contributed by atoms with van der Waals surface area (Å²) in [6.07, 6.45) is 3.27. The third kappa shape index (κ3) is 2.21. The predicted molar refractivity (Wildman–Crippen MR) is 54.4 cm³/mol. The van der Waals surface area contributed by atoms with Crippen molar-refractivity contribution in [1.29, 1.82) is 0 Å². The summed E-state index contributed by atoms with van der Waals surface area (Å²) in [5.74, 6) is 0.800. The highest BCUT2D eigenvalue weighted by Crippen LogP contribution is 2.21. The van der Waals surface area contributed by atoms with Gasteiger partial charge in [-0.2, -0.15) is 0 Å². The van der Waals surface area contributed by atoms with Gasteiger partial charge in [-0.05, 0) is 30.9 Å². The molecule has 0 radical (unpaired) electrons. The van der Waals surface area contributed by atoms with Crippen LogP contribution in [-0.4, -0.2) is 35.6 Å². The zero-order chi connectivity index (χ0) is 10.7. The number of likely N-dealkylation sites (tertiary alicyclic amines) is 1. The maximum Gasteiger partial charge on any atom is 0.289 e. The number of nitrogens with zero attached hydrogens (tertiary/aromatic N) is 1. The number of amides is 1. The topological polar surface area (TPSA) is 53.7 Å². The van der Waals surface area contributed by atoms with Crippen molar-refractivity contribution < 1.29 is 14.3 Å².